The molecule has 0 unspecified atom stereocenters. The van der Waals surface area contributed by atoms with Crippen molar-refractivity contribution in [1.82, 2.24) is 5.32 Å². The van der Waals surface area contributed by atoms with Crippen molar-refractivity contribution in [2.75, 3.05) is 6.54 Å². The number of benzene rings is 1. The van der Waals surface area contributed by atoms with E-state index >= 15 is 0 Å². The van der Waals surface area contributed by atoms with Crippen molar-refractivity contribution in [3.05, 3.63) is 29.8 Å². The Labute approximate surface area is 104 Å². The molecule has 0 saturated heterocycles. The van der Waals surface area contributed by atoms with E-state index in [-0.39, 0.29) is 6.10 Å². The number of rotatable bonds is 7. The van der Waals surface area contributed by atoms with Crippen molar-refractivity contribution < 1.29 is 4.74 Å². The number of terminal acetylenes is 1. The fraction of sp³-hybridized carbons (Fsp3) is 0.467. The third-order valence-corrected chi connectivity index (χ3v) is 2.30. The summed E-state index contributed by atoms with van der Waals surface area (Å²) in [6.07, 6.45) is 7.29. The molecule has 92 valence electrons. The molecule has 17 heavy (non-hydrogen) atoms. The first kappa shape index (κ1) is 13.6. The molecular formula is C15H21NO. The average Bonchev–Trinajstić information content (AvgIpc) is 2.30. The van der Waals surface area contributed by atoms with Crippen molar-refractivity contribution in [3.63, 3.8) is 0 Å². The Morgan fingerprint density at radius 2 is 2.00 bits per heavy atom. The van der Waals surface area contributed by atoms with Crippen LogP contribution in [0.2, 0.25) is 0 Å². The van der Waals surface area contributed by atoms with Gasteiger partial charge in [0.15, 0.2) is 0 Å². The molecule has 2 heteroatoms. The summed E-state index contributed by atoms with van der Waals surface area (Å²) in [5.41, 5.74) is 1.27. The predicted molar refractivity (Wildman–Crippen MR) is 72.0 cm³/mol. The minimum Gasteiger partial charge on any atom is -0.491 e. The van der Waals surface area contributed by atoms with Gasteiger partial charge in [-0.3, -0.25) is 0 Å². The highest BCUT2D eigenvalue weighted by molar-refractivity contribution is 5.27. The van der Waals surface area contributed by atoms with Crippen LogP contribution in [0.3, 0.4) is 0 Å². The van der Waals surface area contributed by atoms with Gasteiger partial charge in [0.1, 0.15) is 5.75 Å². The Bertz CT molecular complexity index is 348. The molecule has 1 rings (SSSR count). The van der Waals surface area contributed by atoms with E-state index in [1.165, 1.54) is 5.56 Å². The third-order valence-electron chi connectivity index (χ3n) is 2.30. The summed E-state index contributed by atoms with van der Waals surface area (Å²) in [6.45, 7) is 5.91. The molecule has 2 nitrogen and oxygen atoms in total. The summed E-state index contributed by atoms with van der Waals surface area (Å²) in [6, 6.07) is 8.20. The summed E-state index contributed by atoms with van der Waals surface area (Å²) in [4.78, 5) is 0. The lowest BCUT2D eigenvalue weighted by molar-refractivity contribution is 0.242. The SMILES string of the molecule is C#CCCCNCc1ccc(OC(C)C)cc1. The van der Waals surface area contributed by atoms with Gasteiger partial charge in [-0.1, -0.05) is 12.1 Å². The second-order valence-electron chi connectivity index (χ2n) is 4.30. The molecule has 0 aliphatic carbocycles. The molecule has 0 radical (unpaired) electrons. The smallest absolute Gasteiger partial charge is 0.119 e. The Kier molecular flexibility index (Phi) is 6.21. The highest BCUT2D eigenvalue weighted by atomic mass is 16.5. The molecule has 1 N–H and O–H groups in total. The molecule has 0 aliphatic rings. The van der Waals surface area contributed by atoms with E-state index in [9.17, 15) is 0 Å². The summed E-state index contributed by atoms with van der Waals surface area (Å²) in [5, 5.41) is 3.36. The summed E-state index contributed by atoms with van der Waals surface area (Å²) in [5.74, 6) is 3.56. The van der Waals surface area contributed by atoms with Crippen molar-refractivity contribution in [2.24, 2.45) is 0 Å². The number of unbranched alkanes of at least 4 members (excludes halogenated alkanes) is 1. The largest absolute Gasteiger partial charge is 0.491 e. The Hall–Kier alpha value is -1.46. The fourth-order valence-corrected chi connectivity index (χ4v) is 1.51. The number of nitrogens with one attached hydrogen (secondary N) is 1. The minimum absolute atomic E-state index is 0.225. The molecule has 0 heterocycles. The molecule has 0 aromatic heterocycles. The van der Waals surface area contributed by atoms with Gasteiger partial charge in [-0.25, -0.2) is 0 Å². The standard InChI is InChI=1S/C15H21NO/c1-4-5-6-11-16-12-14-7-9-15(10-8-14)17-13(2)3/h1,7-10,13,16H,5-6,11-12H2,2-3H3. The van der Waals surface area contributed by atoms with Crippen LogP contribution in [-0.2, 0) is 6.54 Å². The van der Waals surface area contributed by atoms with Crippen molar-refractivity contribution in [1.29, 1.82) is 0 Å². The Morgan fingerprint density at radius 3 is 2.59 bits per heavy atom. The molecular weight excluding hydrogens is 210 g/mol. The zero-order valence-electron chi connectivity index (χ0n) is 10.7. The second-order valence-corrected chi connectivity index (χ2v) is 4.30. The maximum Gasteiger partial charge on any atom is 0.119 e. The summed E-state index contributed by atoms with van der Waals surface area (Å²) < 4.78 is 5.58. The zero-order valence-corrected chi connectivity index (χ0v) is 10.7. The van der Waals surface area contributed by atoms with E-state index in [1.54, 1.807) is 0 Å². The highest BCUT2D eigenvalue weighted by Crippen LogP contribution is 2.13. The molecule has 1 aromatic rings. The van der Waals surface area contributed by atoms with Crippen LogP contribution in [0, 0.1) is 12.3 Å². The highest BCUT2D eigenvalue weighted by Gasteiger charge is 1.97. The van der Waals surface area contributed by atoms with Gasteiger partial charge < -0.3 is 10.1 Å². The minimum atomic E-state index is 0.225. The van der Waals surface area contributed by atoms with Gasteiger partial charge in [-0.15, -0.1) is 12.3 Å². The van der Waals surface area contributed by atoms with Crippen molar-refractivity contribution in [2.45, 2.75) is 39.3 Å². The monoisotopic (exact) mass is 231 g/mol. The van der Waals surface area contributed by atoms with Crippen LogP contribution in [0.15, 0.2) is 24.3 Å². The van der Waals surface area contributed by atoms with Gasteiger partial charge in [-0.2, -0.15) is 0 Å². The van der Waals surface area contributed by atoms with Crippen LogP contribution in [0.1, 0.15) is 32.3 Å². The molecule has 1 aromatic carbocycles. The molecule has 0 bridgehead atoms. The fourth-order valence-electron chi connectivity index (χ4n) is 1.51. The van der Waals surface area contributed by atoms with E-state index in [1.807, 2.05) is 26.0 Å². The second kappa shape index (κ2) is 7.76. The van der Waals surface area contributed by atoms with E-state index < -0.39 is 0 Å². The molecule has 0 atom stereocenters. The molecule has 0 fully saturated rings. The summed E-state index contributed by atoms with van der Waals surface area (Å²) >= 11 is 0. The van der Waals surface area contributed by atoms with Crippen LogP contribution in [0.5, 0.6) is 5.75 Å². The van der Waals surface area contributed by atoms with Crippen LogP contribution in [0.4, 0.5) is 0 Å². The van der Waals surface area contributed by atoms with Gasteiger partial charge >= 0.3 is 0 Å². The molecule has 0 spiro atoms. The summed E-state index contributed by atoms with van der Waals surface area (Å²) in [7, 11) is 0. The van der Waals surface area contributed by atoms with Crippen LogP contribution in [0.25, 0.3) is 0 Å². The topological polar surface area (TPSA) is 21.3 Å². The normalized spacial score (nSPS) is 10.2. The Morgan fingerprint density at radius 1 is 1.29 bits per heavy atom. The van der Waals surface area contributed by atoms with Gasteiger partial charge in [-0.05, 0) is 44.5 Å². The lowest BCUT2D eigenvalue weighted by Gasteiger charge is -2.10. The maximum atomic E-state index is 5.58. The van der Waals surface area contributed by atoms with Crippen LogP contribution in [-0.4, -0.2) is 12.6 Å². The van der Waals surface area contributed by atoms with Crippen molar-refractivity contribution in [3.8, 4) is 18.1 Å². The number of hydrogen-bond donors (Lipinski definition) is 1. The van der Waals surface area contributed by atoms with Gasteiger partial charge in [0, 0.05) is 13.0 Å². The first-order chi connectivity index (χ1) is 8.22. The van der Waals surface area contributed by atoms with Crippen LogP contribution < -0.4 is 10.1 Å². The maximum absolute atomic E-state index is 5.58. The number of ether oxygens (including phenoxy) is 1. The van der Waals surface area contributed by atoms with E-state index in [4.69, 9.17) is 11.2 Å². The Balaban J connectivity index is 2.28. The van der Waals surface area contributed by atoms with Gasteiger partial charge in [0.05, 0.1) is 6.10 Å². The lowest BCUT2D eigenvalue weighted by Crippen LogP contribution is -2.14. The average molecular weight is 231 g/mol. The van der Waals surface area contributed by atoms with Gasteiger partial charge in [0.2, 0.25) is 0 Å². The van der Waals surface area contributed by atoms with Gasteiger partial charge in [0.25, 0.3) is 0 Å². The first-order valence-electron chi connectivity index (χ1n) is 6.12. The van der Waals surface area contributed by atoms with Crippen molar-refractivity contribution >= 4 is 0 Å². The third kappa shape index (κ3) is 5.99. The molecule has 0 amide bonds. The van der Waals surface area contributed by atoms with E-state index in [0.717, 1.165) is 31.7 Å². The quantitative estimate of drug-likeness (QED) is 0.575. The number of hydrogen-bond acceptors (Lipinski definition) is 2. The molecule has 0 aliphatic heterocycles. The van der Waals surface area contributed by atoms with E-state index in [2.05, 4.69) is 23.4 Å². The first-order valence-corrected chi connectivity index (χ1v) is 6.12. The predicted octanol–water partition coefficient (Wildman–Crippen LogP) is 2.98. The zero-order chi connectivity index (χ0) is 12.5. The lowest BCUT2D eigenvalue weighted by atomic mass is 10.2. The van der Waals surface area contributed by atoms with Crippen LogP contribution >= 0.6 is 0 Å². The van der Waals surface area contributed by atoms with E-state index in [0.29, 0.717) is 0 Å². The molecule has 0 saturated carbocycles.